The molecule has 1 aliphatic rings. The maximum Gasteiger partial charge on any atom is 0.390 e. The second-order valence-electron chi connectivity index (χ2n) is 5.09. The normalized spacial score (nSPS) is 27.2. The Bertz CT molecular complexity index is 220. The van der Waals surface area contributed by atoms with Crippen molar-refractivity contribution in [3.05, 3.63) is 0 Å². The molecule has 5 heteroatoms. The van der Waals surface area contributed by atoms with E-state index in [1.165, 1.54) is 0 Å². The SMILES string of the molecule is CN(CCC(F)(F)F)CC1CCCCCC1O. The number of halogens is 3. The highest BCUT2D eigenvalue weighted by molar-refractivity contribution is 4.75. The van der Waals surface area contributed by atoms with Crippen LogP contribution in [0.2, 0.25) is 0 Å². The van der Waals surface area contributed by atoms with Gasteiger partial charge < -0.3 is 10.0 Å². The predicted molar refractivity (Wildman–Crippen MR) is 60.8 cm³/mol. The molecule has 2 unspecified atom stereocenters. The average molecular weight is 253 g/mol. The quantitative estimate of drug-likeness (QED) is 0.779. The molecule has 0 bridgehead atoms. The van der Waals surface area contributed by atoms with Crippen molar-refractivity contribution in [2.75, 3.05) is 20.1 Å². The maximum atomic E-state index is 12.1. The second kappa shape index (κ2) is 6.59. The molecule has 0 heterocycles. The van der Waals surface area contributed by atoms with E-state index in [1.807, 2.05) is 0 Å². The topological polar surface area (TPSA) is 23.5 Å². The third-order valence-corrected chi connectivity index (χ3v) is 3.44. The number of hydrogen-bond donors (Lipinski definition) is 1. The molecule has 1 aliphatic carbocycles. The summed E-state index contributed by atoms with van der Waals surface area (Å²) in [4.78, 5) is 1.69. The van der Waals surface area contributed by atoms with Crippen LogP contribution in [0, 0.1) is 5.92 Å². The summed E-state index contributed by atoms with van der Waals surface area (Å²) in [5.41, 5.74) is 0. The molecule has 2 atom stereocenters. The number of aliphatic hydroxyl groups excluding tert-OH is 1. The lowest BCUT2D eigenvalue weighted by Gasteiger charge is -2.26. The molecule has 0 aromatic carbocycles. The van der Waals surface area contributed by atoms with Gasteiger partial charge in [0, 0.05) is 13.1 Å². The highest BCUT2D eigenvalue weighted by atomic mass is 19.4. The van der Waals surface area contributed by atoms with Crippen LogP contribution in [0.15, 0.2) is 0 Å². The van der Waals surface area contributed by atoms with Crippen molar-refractivity contribution < 1.29 is 18.3 Å². The first-order valence-corrected chi connectivity index (χ1v) is 6.32. The van der Waals surface area contributed by atoms with Gasteiger partial charge in [0.1, 0.15) is 0 Å². The minimum absolute atomic E-state index is 0.0206. The fourth-order valence-electron chi connectivity index (χ4n) is 2.39. The molecule has 0 aliphatic heterocycles. The Balaban J connectivity index is 2.30. The van der Waals surface area contributed by atoms with E-state index in [0.29, 0.717) is 6.54 Å². The molecule has 0 spiro atoms. The summed E-state index contributed by atoms with van der Waals surface area (Å²) < 4.78 is 36.2. The molecule has 0 amide bonds. The first kappa shape index (κ1) is 14.8. The van der Waals surface area contributed by atoms with Gasteiger partial charge in [0.2, 0.25) is 0 Å². The summed E-state index contributed by atoms with van der Waals surface area (Å²) in [6, 6.07) is 0. The molecule has 0 aromatic rings. The molecule has 0 saturated heterocycles. The lowest BCUT2D eigenvalue weighted by atomic mass is 9.97. The largest absolute Gasteiger partial charge is 0.393 e. The van der Waals surface area contributed by atoms with E-state index in [2.05, 4.69) is 0 Å². The zero-order valence-electron chi connectivity index (χ0n) is 10.3. The lowest BCUT2D eigenvalue weighted by molar-refractivity contribution is -0.137. The van der Waals surface area contributed by atoms with Crippen LogP contribution >= 0.6 is 0 Å². The first-order valence-electron chi connectivity index (χ1n) is 6.32. The summed E-state index contributed by atoms with van der Waals surface area (Å²) in [6.07, 6.45) is -0.248. The Morgan fingerprint density at radius 2 is 1.82 bits per heavy atom. The van der Waals surface area contributed by atoms with Crippen LogP contribution in [0.1, 0.15) is 38.5 Å². The van der Waals surface area contributed by atoms with Crippen LogP contribution in [0.25, 0.3) is 0 Å². The minimum atomic E-state index is -4.09. The predicted octanol–water partition coefficient (Wildman–Crippen LogP) is 2.81. The van der Waals surface area contributed by atoms with Gasteiger partial charge in [-0.2, -0.15) is 13.2 Å². The fraction of sp³-hybridized carbons (Fsp3) is 1.00. The van der Waals surface area contributed by atoms with Gasteiger partial charge in [-0.05, 0) is 25.8 Å². The standard InChI is InChI=1S/C12H22F3NO/c1-16(8-7-12(13,14)15)9-10-5-3-2-4-6-11(10)17/h10-11,17H,2-9H2,1H3. The Morgan fingerprint density at radius 1 is 1.18 bits per heavy atom. The van der Waals surface area contributed by atoms with E-state index in [9.17, 15) is 18.3 Å². The van der Waals surface area contributed by atoms with E-state index in [4.69, 9.17) is 0 Å². The van der Waals surface area contributed by atoms with Gasteiger partial charge in [-0.15, -0.1) is 0 Å². The Labute approximate surface area is 101 Å². The van der Waals surface area contributed by atoms with E-state index in [-0.39, 0.29) is 18.6 Å². The molecule has 0 aromatic heterocycles. The van der Waals surface area contributed by atoms with Gasteiger partial charge in [-0.1, -0.05) is 19.3 Å². The summed E-state index contributed by atoms with van der Waals surface area (Å²) in [7, 11) is 1.70. The highest BCUT2D eigenvalue weighted by Gasteiger charge is 2.28. The molecule has 1 saturated carbocycles. The monoisotopic (exact) mass is 253 g/mol. The van der Waals surface area contributed by atoms with Crippen LogP contribution in [-0.2, 0) is 0 Å². The average Bonchev–Trinajstić information content (AvgIpc) is 2.41. The number of nitrogens with zero attached hydrogens (tertiary/aromatic N) is 1. The molecule has 0 radical (unpaired) electrons. The number of rotatable bonds is 4. The van der Waals surface area contributed by atoms with Crippen molar-refractivity contribution in [3.63, 3.8) is 0 Å². The van der Waals surface area contributed by atoms with E-state index >= 15 is 0 Å². The van der Waals surface area contributed by atoms with Crippen molar-refractivity contribution in [3.8, 4) is 0 Å². The van der Waals surface area contributed by atoms with Crippen molar-refractivity contribution >= 4 is 0 Å². The third-order valence-electron chi connectivity index (χ3n) is 3.44. The molecular weight excluding hydrogens is 231 g/mol. The van der Waals surface area contributed by atoms with Crippen molar-refractivity contribution in [1.82, 2.24) is 4.90 Å². The molecule has 1 N–H and O–H groups in total. The number of hydrogen-bond acceptors (Lipinski definition) is 2. The van der Waals surface area contributed by atoms with Gasteiger partial charge in [0.05, 0.1) is 12.5 Å². The highest BCUT2D eigenvalue weighted by Crippen LogP contribution is 2.25. The van der Waals surface area contributed by atoms with Crippen LogP contribution in [0.3, 0.4) is 0 Å². The van der Waals surface area contributed by atoms with Crippen LogP contribution in [0.5, 0.6) is 0 Å². The van der Waals surface area contributed by atoms with Crippen LogP contribution in [-0.4, -0.2) is 42.4 Å². The maximum absolute atomic E-state index is 12.1. The van der Waals surface area contributed by atoms with Gasteiger partial charge >= 0.3 is 6.18 Å². The van der Waals surface area contributed by atoms with Gasteiger partial charge in [-0.25, -0.2) is 0 Å². The minimum Gasteiger partial charge on any atom is -0.393 e. The van der Waals surface area contributed by atoms with Crippen molar-refractivity contribution in [2.24, 2.45) is 5.92 Å². The van der Waals surface area contributed by atoms with Crippen LogP contribution < -0.4 is 0 Å². The molecule has 2 nitrogen and oxygen atoms in total. The second-order valence-corrected chi connectivity index (χ2v) is 5.09. The molecule has 1 fully saturated rings. The van der Waals surface area contributed by atoms with E-state index in [1.54, 1.807) is 11.9 Å². The molecule has 1 rings (SSSR count). The van der Waals surface area contributed by atoms with Gasteiger partial charge in [0.25, 0.3) is 0 Å². The van der Waals surface area contributed by atoms with Crippen molar-refractivity contribution in [2.45, 2.75) is 50.8 Å². The van der Waals surface area contributed by atoms with Gasteiger partial charge in [-0.3, -0.25) is 0 Å². The summed E-state index contributed by atoms with van der Waals surface area (Å²) in [6.45, 7) is 0.587. The zero-order chi connectivity index (χ0) is 12.9. The first-order chi connectivity index (χ1) is 7.88. The zero-order valence-corrected chi connectivity index (χ0v) is 10.3. The lowest BCUT2D eigenvalue weighted by Crippen LogP contribution is -2.34. The van der Waals surface area contributed by atoms with Crippen LogP contribution in [0.4, 0.5) is 13.2 Å². The fourth-order valence-corrected chi connectivity index (χ4v) is 2.39. The summed E-state index contributed by atoms with van der Waals surface area (Å²) in [5.74, 6) is 0.135. The summed E-state index contributed by atoms with van der Waals surface area (Å²) >= 11 is 0. The number of aliphatic hydroxyl groups is 1. The van der Waals surface area contributed by atoms with Gasteiger partial charge in [0.15, 0.2) is 0 Å². The Hall–Kier alpha value is -0.290. The Kier molecular flexibility index (Phi) is 5.73. The summed E-state index contributed by atoms with van der Waals surface area (Å²) in [5, 5.41) is 9.88. The third kappa shape index (κ3) is 6.27. The smallest absolute Gasteiger partial charge is 0.390 e. The van der Waals surface area contributed by atoms with E-state index < -0.39 is 12.6 Å². The molecular formula is C12H22F3NO. The molecule has 17 heavy (non-hydrogen) atoms. The number of alkyl halides is 3. The van der Waals surface area contributed by atoms with Crippen molar-refractivity contribution in [1.29, 1.82) is 0 Å². The van der Waals surface area contributed by atoms with E-state index in [0.717, 1.165) is 32.1 Å². The Morgan fingerprint density at radius 3 is 2.47 bits per heavy atom. The molecule has 102 valence electrons.